The Labute approximate surface area is 198 Å². The number of methoxy groups -OCH3 is 1. The van der Waals surface area contributed by atoms with Crippen molar-refractivity contribution >= 4 is 16.8 Å². The molecule has 4 aromatic rings. The highest BCUT2D eigenvalue weighted by Crippen LogP contribution is 2.33. The zero-order valence-electron chi connectivity index (χ0n) is 20.4. The Morgan fingerprint density at radius 2 is 1.88 bits per heavy atom. The van der Waals surface area contributed by atoms with Gasteiger partial charge in [-0.3, -0.25) is 9.59 Å². The summed E-state index contributed by atoms with van der Waals surface area (Å²) in [5, 5.41) is 3.88. The topological polar surface area (TPSA) is 89.0 Å². The number of H-pyrrole nitrogens is 1. The van der Waals surface area contributed by atoms with Crippen LogP contribution in [0.2, 0.25) is 0 Å². The van der Waals surface area contributed by atoms with Crippen molar-refractivity contribution in [1.29, 1.82) is 0 Å². The Morgan fingerprint density at radius 1 is 1.12 bits per heavy atom. The number of hydrogen-bond donors (Lipinski definition) is 2. The molecular formula is C27H30N4O3. The highest BCUT2D eigenvalue weighted by atomic mass is 16.5. The summed E-state index contributed by atoms with van der Waals surface area (Å²) < 4.78 is 7.36. The molecule has 7 nitrogen and oxygen atoms in total. The van der Waals surface area contributed by atoms with Gasteiger partial charge in [0.15, 0.2) is 0 Å². The van der Waals surface area contributed by atoms with E-state index >= 15 is 0 Å². The summed E-state index contributed by atoms with van der Waals surface area (Å²) in [6.45, 7) is 10.1. The predicted octanol–water partition coefficient (Wildman–Crippen LogP) is 4.84. The predicted molar refractivity (Wildman–Crippen MR) is 135 cm³/mol. The number of aromatic nitrogens is 3. The molecule has 2 N–H and O–H groups in total. The zero-order valence-corrected chi connectivity index (χ0v) is 20.4. The van der Waals surface area contributed by atoms with Crippen LogP contribution in [0.5, 0.6) is 5.88 Å². The number of aryl methyl sites for hydroxylation is 3. The van der Waals surface area contributed by atoms with Crippen molar-refractivity contribution in [1.82, 2.24) is 19.9 Å². The number of nitrogens with zero attached hydrogens (tertiary/aromatic N) is 2. The number of ether oxygens (including phenoxy) is 1. The second-order valence-electron chi connectivity index (χ2n) is 8.95. The van der Waals surface area contributed by atoms with Crippen LogP contribution < -0.4 is 15.6 Å². The number of amides is 1. The number of aromatic amines is 1. The van der Waals surface area contributed by atoms with Gasteiger partial charge in [-0.05, 0) is 75.6 Å². The van der Waals surface area contributed by atoms with E-state index in [0.29, 0.717) is 17.0 Å². The van der Waals surface area contributed by atoms with Crippen LogP contribution in [-0.4, -0.2) is 27.6 Å². The molecule has 0 unspecified atom stereocenters. The summed E-state index contributed by atoms with van der Waals surface area (Å²) in [7, 11) is 1.58. The van der Waals surface area contributed by atoms with Gasteiger partial charge in [-0.15, -0.1) is 0 Å². The van der Waals surface area contributed by atoms with Gasteiger partial charge in [0.25, 0.3) is 11.5 Å². The fourth-order valence-electron chi connectivity index (χ4n) is 4.40. The molecular weight excluding hydrogens is 428 g/mol. The Morgan fingerprint density at radius 3 is 2.50 bits per heavy atom. The van der Waals surface area contributed by atoms with Crippen molar-refractivity contribution in [2.75, 3.05) is 7.11 Å². The van der Waals surface area contributed by atoms with Crippen LogP contribution in [0, 0.1) is 20.8 Å². The molecule has 176 valence electrons. The fourth-order valence-corrected chi connectivity index (χ4v) is 4.40. The largest absolute Gasteiger partial charge is 0.481 e. The van der Waals surface area contributed by atoms with E-state index in [2.05, 4.69) is 46.0 Å². The number of rotatable bonds is 6. The molecule has 0 spiro atoms. The summed E-state index contributed by atoms with van der Waals surface area (Å²) in [6.07, 6.45) is 3.82. The smallest absolute Gasteiger partial charge is 0.253 e. The van der Waals surface area contributed by atoms with Crippen molar-refractivity contribution in [3.05, 3.63) is 81.0 Å². The molecule has 1 amide bonds. The van der Waals surface area contributed by atoms with Crippen LogP contribution in [0.3, 0.4) is 0 Å². The minimum absolute atomic E-state index is 0.153. The van der Waals surface area contributed by atoms with Gasteiger partial charge in [0.2, 0.25) is 5.88 Å². The molecule has 1 aromatic carbocycles. The standard InChI is InChI=1S/C27H30N4O3/c1-15(2)31-14-17(4)25-21(26(32)29-13-22-16(3)9-18(5)30-27(22)33)10-20(11-23(25)31)19-7-8-24(34-6)28-12-19/h7-12,14-15H,13H2,1-6H3,(H,29,32)(H,30,33). The quantitative estimate of drug-likeness (QED) is 0.433. The molecule has 0 aliphatic carbocycles. The number of carbonyl (C=O) groups excluding carboxylic acids is 1. The maximum Gasteiger partial charge on any atom is 0.253 e. The molecule has 3 heterocycles. The first-order valence-electron chi connectivity index (χ1n) is 11.3. The van der Waals surface area contributed by atoms with E-state index in [1.807, 2.05) is 39.0 Å². The van der Waals surface area contributed by atoms with E-state index < -0.39 is 0 Å². The summed E-state index contributed by atoms with van der Waals surface area (Å²) in [6, 6.07) is 9.86. The maximum atomic E-state index is 13.5. The van der Waals surface area contributed by atoms with Crippen LogP contribution in [0.4, 0.5) is 0 Å². The van der Waals surface area contributed by atoms with Crippen LogP contribution in [-0.2, 0) is 6.54 Å². The van der Waals surface area contributed by atoms with Crippen molar-refractivity contribution < 1.29 is 9.53 Å². The van der Waals surface area contributed by atoms with Gasteiger partial charge in [0.05, 0.1) is 7.11 Å². The highest BCUT2D eigenvalue weighted by Gasteiger charge is 2.19. The first-order valence-corrected chi connectivity index (χ1v) is 11.3. The monoisotopic (exact) mass is 458 g/mol. The number of pyridine rings is 2. The van der Waals surface area contributed by atoms with Crippen LogP contribution >= 0.6 is 0 Å². The Balaban J connectivity index is 1.80. The summed E-state index contributed by atoms with van der Waals surface area (Å²) in [5.41, 5.74) is 6.38. The lowest BCUT2D eigenvalue weighted by molar-refractivity contribution is 0.0952. The van der Waals surface area contributed by atoms with E-state index in [1.165, 1.54) is 0 Å². The average Bonchev–Trinajstić information content (AvgIpc) is 3.14. The van der Waals surface area contributed by atoms with Gasteiger partial charge in [-0.2, -0.15) is 0 Å². The van der Waals surface area contributed by atoms with Crippen LogP contribution in [0.25, 0.3) is 22.0 Å². The Hall–Kier alpha value is -3.87. The van der Waals surface area contributed by atoms with Crippen molar-refractivity contribution in [3.8, 4) is 17.0 Å². The third kappa shape index (κ3) is 4.33. The van der Waals surface area contributed by atoms with Crippen LogP contribution in [0.15, 0.2) is 47.5 Å². The van der Waals surface area contributed by atoms with Crippen LogP contribution in [0.1, 0.15) is 52.6 Å². The van der Waals surface area contributed by atoms with E-state index in [-0.39, 0.29) is 24.1 Å². The van der Waals surface area contributed by atoms with Gasteiger partial charge in [-0.25, -0.2) is 4.98 Å². The number of benzene rings is 1. The third-order valence-electron chi connectivity index (χ3n) is 6.12. The molecule has 0 aliphatic heterocycles. The molecule has 0 bridgehead atoms. The SMILES string of the molecule is COc1ccc(-c2cc(C(=O)NCc3c(C)cc(C)[nH]c3=O)c3c(C)cn(C(C)C)c3c2)cn1. The molecule has 0 aliphatic rings. The minimum Gasteiger partial charge on any atom is -0.481 e. The normalized spacial score (nSPS) is 11.3. The lowest BCUT2D eigenvalue weighted by Crippen LogP contribution is -2.28. The highest BCUT2D eigenvalue weighted by molar-refractivity contribution is 6.09. The fraction of sp³-hybridized carbons (Fsp3) is 0.296. The third-order valence-corrected chi connectivity index (χ3v) is 6.12. The van der Waals surface area contributed by atoms with Gasteiger partial charge < -0.3 is 19.6 Å². The molecule has 0 saturated carbocycles. The first kappa shape index (κ1) is 23.3. The second kappa shape index (κ2) is 9.17. The number of carbonyl (C=O) groups is 1. The van der Waals surface area contributed by atoms with E-state index in [4.69, 9.17) is 4.74 Å². The lowest BCUT2D eigenvalue weighted by atomic mass is 9.98. The summed E-state index contributed by atoms with van der Waals surface area (Å²) >= 11 is 0. The number of nitrogens with one attached hydrogen (secondary N) is 2. The molecule has 0 radical (unpaired) electrons. The number of fused-ring (bicyclic) bond motifs is 1. The molecule has 0 fully saturated rings. The van der Waals surface area contributed by atoms with Gasteiger partial charge in [0.1, 0.15) is 0 Å². The van der Waals surface area contributed by atoms with Crippen molar-refractivity contribution in [2.45, 2.75) is 47.2 Å². The molecule has 0 atom stereocenters. The molecule has 34 heavy (non-hydrogen) atoms. The Bertz CT molecular complexity index is 1430. The van der Waals surface area contributed by atoms with E-state index in [1.54, 1.807) is 19.4 Å². The summed E-state index contributed by atoms with van der Waals surface area (Å²) in [4.78, 5) is 33.0. The minimum atomic E-state index is -0.225. The number of hydrogen-bond acceptors (Lipinski definition) is 4. The lowest BCUT2D eigenvalue weighted by Gasteiger charge is -2.14. The van der Waals surface area contributed by atoms with Gasteiger partial charge in [0, 0.05) is 64.3 Å². The molecule has 0 saturated heterocycles. The van der Waals surface area contributed by atoms with Crippen molar-refractivity contribution in [3.63, 3.8) is 0 Å². The zero-order chi connectivity index (χ0) is 24.6. The molecule has 3 aromatic heterocycles. The average molecular weight is 459 g/mol. The van der Waals surface area contributed by atoms with E-state index in [9.17, 15) is 9.59 Å². The molecule has 7 heteroatoms. The Kier molecular flexibility index (Phi) is 6.28. The van der Waals surface area contributed by atoms with E-state index in [0.717, 1.165) is 38.9 Å². The van der Waals surface area contributed by atoms with Gasteiger partial charge in [-0.1, -0.05) is 0 Å². The van der Waals surface area contributed by atoms with Crippen molar-refractivity contribution in [2.24, 2.45) is 0 Å². The first-order chi connectivity index (χ1) is 16.2. The second-order valence-corrected chi connectivity index (χ2v) is 8.95. The summed E-state index contributed by atoms with van der Waals surface area (Å²) in [5.74, 6) is 0.306. The maximum absolute atomic E-state index is 13.5. The van der Waals surface area contributed by atoms with Gasteiger partial charge >= 0.3 is 0 Å². The molecule has 4 rings (SSSR count).